The molecule has 21 heavy (non-hydrogen) atoms. The van der Waals surface area contributed by atoms with Gasteiger partial charge >= 0.3 is 0 Å². The van der Waals surface area contributed by atoms with E-state index in [4.69, 9.17) is 0 Å². The fourth-order valence-corrected chi connectivity index (χ4v) is 3.57. The highest BCUT2D eigenvalue weighted by atomic mass is 32.2. The van der Waals surface area contributed by atoms with Gasteiger partial charge in [0.15, 0.2) is 0 Å². The number of nitrogens with zero attached hydrogens (tertiary/aromatic N) is 1. The molecule has 122 valence electrons. The molecule has 1 aromatic rings. The van der Waals surface area contributed by atoms with Crippen LogP contribution in [0.4, 0.5) is 0 Å². The van der Waals surface area contributed by atoms with E-state index in [1.807, 2.05) is 18.5 Å². The molecule has 1 rings (SSSR count). The lowest BCUT2D eigenvalue weighted by Crippen LogP contribution is -2.32. The predicted octanol–water partition coefficient (Wildman–Crippen LogP) is 2.38. The molecule has 0 bridgehead atoms. The number of aromatic nitrogens is 1. The van der Waals surface area contributed by atoms with Crippen molar-refractivity contribution >= 4 is 10.0 Å². The summed E-state index contributed by atoms with van der Waals surface area (Å²) in [5.74, 6) is 0. The third-order valence-electron chi connectivity index (χ3n) is 3.47. The topological polar surface area (TPSA) is 63.1 Å². The van der Waals surface area contributed by atoms with E-state index in [-0.39, 0.29) is 6.04 Å². The molecule has 0 aliphatic rings. The maximum Gasteiger partial charge on any atom is 0.242 e. The maximum absolute atomic E-state index is 12.4. The second-order valence-corrected chi connectivity index (χ2v) is 7.33. The van der Waals surface area contributed by atoms with Gasteiger partial charge in [0.1, 0.15) is 0 Å². The van der Waals surface area contributed by atoms with Gasteiger partial charge in [-0.05, 0) is 32.4 Å². The van der Waals surface area contributed by atoms with Gasteiger partial charge in [0.25, 0.3) is 0 Å². The van der Waals surface area contributed by atoms with Crippen molar-refractivity contribution in [3.05, 3.63) is 18.0 Å². The van der Waals surface area contributed by atoms with E-state index in [2.05, 4.69) is 23.9 Å². The van der Waals surface area contributed by atoms with Gasteiger partial charge in [-0.2, -0.15) is 0 Å². The van der Waals surface area contributed by atoms with Crippen molar-refractivity contribution in [3.63, 3.8) is 0 Å². The van der Waals surface area contributed by atoms with E-state index in [1.54, 1.807) is 12.3 Å². The Labute approximate surface area is 129 Å². The Morgan fingerprint density at radius 2 is 2.00 bits per heavy atom. The van der Waals surface area contributed by atoms with Crippen LogP contribution in [0.2, 0.25) is 0 Å². The third kappa shape index (κ3) is 5.80. The van der Waals surface area contributed by atoms with E-state index in [9.17, 15) is 8.42 Å². The Hall–Kier alpha value is -0.850. The number of hydrogen-bond acceptors (Lipinski definition) is 3. The molecule has 1 unspecified atom stereocenters. The van der Waals surface area contributed by atoms with Crippen LogP contribution in [0, 0.1) is 0 Å². The summed E-state index contributed by atoms with van der Waals surface area (Å²) in [5.41, 5.74) is 0.977. The highest BCUT2D eigenvalue weighted by Gasteiger charge is 2.19. The van der Waals surface area contributed by atoms with Crippen LogP contribution >= 0.6 is 0 Å². The van der Waals surface area contributed by atoms with Crippen molar-refractivity contribution < 1.29 is 8.42 Å². The molecule has 6 heteroatoms. The minimum Gasteiger partial charge on any atom is -0.352 e. The number of rotatable bonds is 10. The van der Waals surface area contributed by atoms with E-state index in [1.165, 1.54) is 0 Å². The van der Waals surface area contributed by atoms with Gasteiger partial charge in [-0.15, -0.1) is 0 Å². The Balaban J connectivity index is 2.72. The third-order valence-corrected chi connectivity index (χ3v) is 5.03. The van der Waals surface area contributed by atoms with E-state index >= 15 is 0 Å². The van der Waals surface area contributed by atoms with Crippen molar-refractivity contribution in [2.45, 2.75) is 63.9 Å². The van der Waals surface area contributed by atoms with Gasteiger partial charge < -0.3 is 9.88 Å². The zero-order valence-corrected chi connectivity index (χ0v) is 14.5. The number of sulfonamides is 1. The molecule has 1 atom stereocenters. The summed E-state index contributed by atoms with van der Waals surface area (Å²) < 4.78 is 29.3. The average molecular weight is 315 g/mol. The highest BCUT2D eigenvalue weighted by molar-refractivity contribution is 7.89. The number of aryl methyl sites for hydroxylation is 1. The second-order valence-electron chi connectivity index (χ2n) is 5.62. The molecule has 0 saturated carbocycles. The van der Waals surface area contributed by atoms with Gasteiger partial charge in [-0.25, -0.2) is 13.1 Å². The first-order valence-electron chi connectivity index (χ1n) is 7.79. The molecule has 0 fully saturated rings. The molecule has 0 radical (unpaired) electrons. The first-order valence-corrected chi connectivity index (χ1v) is 9.27. The van der Waals surface area contributed by atoms with Crippen LogP contribution in [0.25, 0.3) is 0 Å². The molecule has 0 spiro atoms. The van der Waals surface area contributed by atoms with Crippen LogP contribution in [0.5, 0.6) is 0 Å². The molecule has 0 aliphatic heterocycles. The minimum absolute atomic E-state index is 0.0307. The van der Waals surface area contributed by atoms with Crippen molar-refractivity contribution in [2.75, 3.05) is 6.54 Å². The normalized spacial score (nSPS) is 13.5. The van der Waals surface area contributed by atoms with Crippen LogP contribution in [0.15, 0.2) is 17.2 Å². The summed E-state index contributed by atoms with van der Waals surface area (Å²) in [6, 6.07) is 1.72. The summed E-state index contributed by atoms with van der Waals surface area (Å²) in [5, 5.41) is 3.29. The van der Waals surface area contributed by atoms with Crippen molar-refractivity contribution in [3.8, 4) is 0 Å². The summed E-state index contributed by atoms with van der Waals surface area (Å²) >= 11 is 0. The number of hydrogen-bond donors (Lipinski definition) is 2. The molecular weight excluding hydrogens is 286 g/mol. The minimum atomic E-state index is -3.42. The Morgan fingerprint density at radius 1 is 1.29 bits per heavy atom. The lowest BCUT2D eigenvalue weighted by atomic mass is 10.2. The van der Waals surface area contributed by atoms with Crippen molar-refractivity contribution in [1.82, 2.24) is 14.6 Å². The number of nitrogens with one attached hydrogen (secondary N) is 2. The van der Waals surface area contributed by atoms with Crippen molar-refractivity contribution in [2.24, 2.45) is 7.05 Å². The van der Waals surface area contributed by atoms with Crippen LogP contribution in [0.1, 0.15) is 52.1 Å². The highest BCUT2D eigenvalue weighted by Crippen LogP contribution is 2.14. The molecule has 0 amide bonds. The molecule has 0 aliphatic carbocycles. The molecule has 1 aromatic heterocycles. The Morgan fingerprint density at radius 3 is 2.62 bits per heavy atom. The second kappa shape index (κ2) is 8.56. The fraction of sp³-hybridized carbons (Fsp3) is 0.733. The molecule has 0 saturated heterocycles. The lowest BCUT2D eigenvalue weighted by molar-refractivity contribution is 0.534. The largest absolute Gasteiger partial charge is 0.352 e. The van der Waals surface area contributed by atoms with Gasteiger partial charge in [0.05, 0.1) is 4.90 Å². The first kappa shape index (κ1) is 18.2. The van der Waals surface area contributed by atoms with Crippen LogP contribution in [-0.4, -0.2) is 25.6 Å². The maximum atomic E-state index is 12.4. The summed E-state index contributed by atoms with van der Waals surface area (Å²) in [6.45, 7) is 7.74. The average Bonchev–Trinajstić information content (AvgIpc) is 2.79. The van der Waals surface area contributed by atoms with Crippen molar-refractivity contribution in [1.29, 1.82) is 0 Å². The van der Waals surface area contributed by atoms with Gasteiger partial charge in [-0.3, -0.25) is 0 Å². The summed E-state index contributed by atoms with van der Waals surface area (Å²) in [7, 11) is -1.54. The van der Waals surface area contributed by atoms with E-state index in [0.717, 1.165) is 37.9 Å². The quantitative estimate of drug-likeness (QED) is 0.652. The van der Waals surface area contributed by atoms with Crippen LogP contribution in [-0.2, 0) is 23.6 Å². The molecule has 1 heterocycles. The summed E-state index contributed by atoms with van der Waals surface area (Å²) in [6.07, 6.45) is 5.71. The van der Waals surface area contributed by atoms with Crippen LogP contribution < -0.4 is 10.0 Å². The Bertz CT molecular complexity index is 523. The molecule has 0 aromatic carbocycles. The van der Waals surface area contributed by atoms with Gasteiger partial charge in [0.2, 0.25) is 10.0 Å². The Kier molecular flexibility index (Phi) is 7.42. The standard InChI is InChI=1S/C15H29N3O2S/c1-5-7-8-13(3)17-21(19,20)15-10-14(18(4)12-15)11-16-9-6-2/h10,12-13,16-17H,5-9,11H2,1-4H3. The van der Waals surface area contributed by atoms with Crippen LogP contribution in [0.3, 0.4) is 0 Å². The van der Waals surface area contributed by atoms with Gasteiger partial charge in [0, 0.05) is 31.5 Å². The molecule has 2 N–H and O–H groups in total. The monoisotopic (exact) mass is 315 g/mol. The zero-order chi connectivity index (χ0) is 15.9. The van der Waals surface area contributed by atoms with E-state index in [0.29, 0.717) is 11.4 Å². The molecular formula is C15H29N3O2S. The number of unbranched alkanes of at least 4 members (excludes halogenated alkanes) is 1. The summed E-state index contributed by atoms with van der Waals surface area (Å²) in [4.78, 5) is 0.349. The lowest BCUT2D eigenvalue weighted by Gasteiger charge is -2.12. The van der Waals surface area contributed by atoms with E-state index < -0.39 is 10.0 Å². The SMILES string of the molecule is CCCCC(C)NS(=O)(=O)c1cc(CNCCC)n(C)c1. The smallest absolute Gasteiger partial charge is 0.242 e. The first-order chi connectivity index (χ1) is 9.90. The predicted molar refractivity (Wildman–Crippen MR) is 86.7 cm³/mol. The fourth-order valence-electron chi connectivity index (χ4n) is 2.20. The zero-order valence-electron chi connectivity index (χ0n) is 13.6. The van der Waals surface area contributed by atoms with Gasteiger partial charge in [-0.1, -0.05) is 26.7 Å². The molecule has 5 nitrogen and oxygen atoms in total.